The summed E-state index contributed by atoms with van der Waals surface area (Å²) in [6.07, 6.45) is 0.642. The van der Waals surface area contributed by atoms with Crippen LogP contribution in [0.25, 0.3) is 0 Å². The molecule has 4 heteroatoms. The Hall–Kier alpha value is -1.39. The average molecular weight is 338 g/mol. The SMILES string of the molecule is COc1ccc(C)cc1CC(N)c1ccc(F)c(Br)c1. The molecule has 1 atom stereocenters. The van der Waals surface area contributed by atoms with Crippen molar-refractivity contribution in [1.29, 1.82) is 0 Å². The molecule has 0 heterocycles. The highest BCUT2D eigenvalue weighted by Gasteiger charge is 2.12. The maximum Gasteiger partial charge on any atom is 0.137 e. The zero-order valence-electron chi connectivity index (χ0n) is 11.5. The summed E-state index contributed by atoms with van der Waals surface area (Å²) in [7, 11) is 1.65. The molecule has 0 bridgehead atoms. The van der Waals surface area contributed by atoms with E-state index in [1.165, 1.54) is 6.07 Å². The van der Waals surface area contributed by atoms with Crippen LogP contribution in [-0.2, 0) is 6.42 Å². The molecule has 0 fully saturated rings. The van der Waals surface area contributed by atoms with E-state index in [0.717, 1.165) is 22.4 Å². The Morgan fingerprint density at radius 2 is 2.00 bits per heavy atom. The summed E-state index contributed by atoms with van der Waals surface area (Å²) >= 11 is 3.18. The van der Waals surface area contributed by atoms with Crippen molar-refractivity contribution in [1.82, 2.24) is 0 Å². The normalized spacial score (nSPS) is 12.2. The lowest BCUT2D eigenvalue weighted by Gasteiger charge is -2.15. The minimum atomic E-state index is -0.283. The first-order valence-corrected chi connectivity index (χ1v) is 7.14. The molecule has 2 nitrogen and oxygen atoms in total. The lowest BCUT2D eigenvalue weighted by molar-refractivity contribution is 0.408. The van der Waals surface area contributed by atoms with E-state index < -0.39 is 0 Å². The van der Waals surface area contributed by atoms with Crippen LogP contribution < -0.4 is 10.5 Å². The van der Waals surface area contributed by atoms with Gasteiger partial charge >= 0.3 is 0 Å². The summed E-state index contributed by atoms with van der Waals surface area (Å²) in [5, 5.41) is 0. The quantitative estimate of drug-likeness (QED) is 0.909. The lowest BCUT2D eigenvalue weighted by Crippen LogP contribution is -2.14. The van der Waals surface area contributed by atoms with Gasteiger partial charge in [-0.25, -0.2) is 4.39 Å². The molecule has 1 unspecified atom stereocenters. The molecule has 106 valence electrons. The van der Waals surface area contributed by atoms with Gasteiger partial charge in [-0.1, -0.05) is 23.8 Å². The molecule has 2 N–H and O–H groups in total. The van der Waals surface area contributed by atoms with Crippen LogP contribution in [0.1, 0.15) is 22.7 Å². The number of rotatable bonds is 4. The first-order valence-electron chi connectivity index (χ1n) is 6.35. The van der Waals surface area contributed by atoms with Crippen LogP contribution >= 0.6 is 15.9 Å². The Kier molecular flexibility index (Phi) is 4.78. The maximum atomic E-state index is 13.3. The molecular weight excluding hydrogens is 321 g/mol. The molecule has 20 heavy (non-hydrogen) atoms. The first kappa shape index (κ1) is 15.0. The van der Waals surface area contributed by atoms with Crippen LogP contribution in [-0.4, -0.2) is 7.11 Å². The number of ether oxygens (including phenoxy) is 1. The fourth-order valence-corrected chi connectivity index (χ4v) is 2.56. The number of methoxy groups -OCH3 is 1. The van der Waals surface area contributed by atoms with Crippen LogP contribution in [0.5, 0.6) is 5.75 Å². The number of aryl methyl sites for hydroxylation is 1. The summed E-state index contributed by atoms with van der Waals surface area (Å²) in [5.41, 5.74) is 9.33. The third kappa shape index (κ3) is 3.38. The molecule has 0 saturated heterocycles. The molecule has 0 aliphatic carbocycles. The van der Waals surface area contributed by atoms with Crippen molar-refractivity contribution in [2.75, 3.05) is 7.11 Å². The Labute approximate surface area is 126 Å². The third-order valence-electron chi connectivity index (χ3n) is 3.25. The highest BCUT2D eigenvalue weighted by molar-refractivity contribution is 9.10. The van der Waals surface area contributed by atoms with Gasteiger partial charge in [-0.15, -0.1) is 0 Å². The van der Waals surface area contributed by atoms with Crippen molar-refractivity contribution < 1.29 is 9.13 Å². The number of hydrogen-bond donors (Lipinski definition) is 1. The zero-order valence-corrected chi connectivity index (χ0v) is 13.1. The summed E-state index contributed by atoms with van der Waals surface area (Å²) in [5.74, 6) is 0.543. The van der Waals surface area contributed by atoms with E-state index in [1.54, 1.807) is 19.2 Å². The van der Waals surface area contributed by atoms with Gasteiger partial charge in [0.2, 0.25) is 0 Å². The summed E-state index contributed by atoms with van der Waals surface area (Å²) in [6.45, 7) is 2.03. The monoisotopic (exact) mass is 337 g/mol. The van der Waals surface area contributed by atoms with Crippen molar-refractivity contribution in [2.45, 2.75) is 19.4 Å². The van der Waals surface area contributed by atoms with E-state index in [-0.39, 0.29) is 11.9 Å². The second-order valence-corrected chi connectivity index (χ2v) is 5.65. The molecule has 0 aliphatic rings. The Balaban J connectivity index is 2.24. The average Bonchev–Trinajstić information content (AvgIpc) is 2.42. The fourth-order valence-electron chi connectivity index (χ4n) is 2.16. The van der Waals surface area contributed by atoms with Gasteiger partial charge in [0.1, 0.15) is 11.6 Å². The van der Waals surface area contributed by atoms with Gasteiger partial charge in [-0.3, -0.25) is 0 Å². The topological polar surface area (TPSA) is 35.2 Å². The van der Waals surface area contributed by atoms with Crippen LogP contribution in [0.4, 0.5) is 4.39 Å². The predicted octanol–water partition coefficient (Wildman–Crippen LogP) is 4.15. The van der Waals surface area contributed by atoms with Crippen molar-refractivity contribution in [3.63, 3.8) is 0 Å². The van der Waals surface area contributed by atoms with E-state index >= 15 is 0 Å². The van der Waals surface area contributed by atoms with Crippen molar-refractivity contribution >= 4 is 15.9 Å². The van der Waals surface area contributed by atoms with E-state index in [0.29, 0.717) is 10.9 Å². The minimum absolute atomic E-state index is 0.206. The second kappa shape index (κ2) is 6.37. The van der Waals surface area contributed by atoms with Gasteiger partial charge < -0.3 is 10.5 Å². The first-order chi connectivity index (χ1) is 9.51. The van der Waals surface area contributed by atoms with Gasteiger partial charge in [-0.2, -0.15) is 0 Å². The van der Waals surface area contributed by atoms with Crippen molar-refractivity contribution in [2.24, 2.45) is 5.73 Å². The van der Waals surface area contributed by atoms with E-state index in [2.05, 4.69) is 22.0 Å². The molecule has 2 rings (SSSR count). The van der Waals surface area contributed by atoms with E-state index in [4.69, 9.17) is 10.5 Å². The Bertz CT molecular complexity index is 615. The van der Waals surface area contributed by atoms with Crippen molar-refractivity contribution in [3.05, 3.63) is 63.4 Å². The number of nitrogens with two attached hydrogens (primary N) is 1. The molecular formula is C16H17BrFNO. The molecule has 0 spiro atoms. The van der Waals surface area contributed by atoms with Crippen molar-refractivity contribution in [3.8, 4) is 5.75 Å². The maximum absolute atomic E-state index is 13.3. The Morgan fingerprint density at radius 3 is 2.65 bits per heavy atom. The Morgan fingerprint density at radius 1 is 1.25 bits per heavy atom. The zero-order chi connectivity index (χ0) is 14.7. The molecule has 0 saturated carbocycles. The highest BCUT2D eigenvalue weighted by Crippen LogP contribution is 2.27. The fraction of sp³-hybridized carbons (Fsp3) is 0.250. The molecule has 2 aromatic carbocycles. The molecule has 2 aromatic rings. The van der Waals surface area contributed by atoms with E-state index in [1.807, 2.05) is 19.1 Å². The van der Waals surface area contributed by atoms with Crippen LogP contribution in [0.3, 0.4) is 0 Å². The van der Waals surface area contributed by atoms with Gasteiger partial charge in [0.15, 0.2) is 0 Å². The standard InChI is InChI=1S/C16H17BrFNO/c1-10-3-6-16(20-2)12(7-10)9-15(19)11-4-5-14(18)13(17)8-11/h3-8,15H,9,19H2,1-2H3. The third-order valence-corrected chi connectivity index (χ3v) is 3.86. The largest absolute Gasteiger partial charge is 0.496 e. The highest BCUT2D eigenvalue weighted by atomic mass is 79.9. The lowest BCUT2D eigenvalue weighted by atomic mass is 9.98. The van der Waals surface area contributed by atoms with Crippen LogP contribution in [0, 0.1) is 12.7 Å². The van der Waals surface area contributed by atoms with Gasteiger partial charge in [0.25, 0.3) is 0 Å². The molecule has 0 aromatic heterocycles. The van der Waals surface area contributed by atoms with Gasteiger partial charge in [-0.05, 0) is 58.6 Å². The summed E-state index contributed by atoms with van der Waals surface area (Å²) < 4.78 is 19.0. The van der Waals surface area contributed by atoms with Crippen LogP contribution in [0.2, 0.25) is 0 Å². The summed E-state index contributed by atoms with van der Waals surface area (Å²) in [4.78, 5) is 0. The molecule has 0 aliphatic heterocycles. The van der Waals surface area contributed by atoms with E-state index in [9.17, 15) is 4.39 Å². The number of halogens is 2. The van der Waals surface area contributed by atoms with Gasteiger partial charge in [0.05, 0.1) is 11.6 Å². The smallest absolute Gasteiger partial charge is 0.137 e. The molecule has 0 radical (unpaired) electrons. The van der Waals surface area contributed by atoms with Gasteiger partial charge in [0, 0.05) is 6.04 Å². The number of benzene rings is 2. The summed E-state index contributed by atoms with van der Waals surface area (Å²) in [6, 6.07) is 10.7. The second-order valence-electron chi connectivity index (χ2n) is 4.80. The predicted molar refractivity (Wildman–Crippen MR) is 82.5 cm³/mol. The molecule has 0 amide bonds. The number of hydrogen-bond acceptors (Lipinski definition) is 2. The minimum Gasteiger partial charge on any atom is -0.496 e. The van der Waals surface area contributed by atoms with Crippen LogP contribution in [0.15, 0.2) is 40.9 Å².